The molecule has 1 aromatic heterocycles. The van der Waals surface area contributed by atoms with Crippen molar-refractivity contribution in [3.05, 3.63) is 113 Å². The molecule has 254 valence electrons. The number of amides is 1. The summed E-state index contributed by atoms with van der Waals surface area (Å²) in [4.78, 5) is 17.8. The SMILES string of the molecule is O=C(Nc1cncc(F)c1CC[C@H]1CNCCN1S(=O)(=O)c1ccccc1)[C@H](Cc1ccc(Cl)cc1)Nc1cccc(OC(F)(F)F)c1. The summed E-state index contributed by atoms with van der Waals surface area (Å²) in [6.45, 7) is 1.04. The van der Waals surface area contributed by atoms with E-state index in [2.05, 4.69) is 25.7 Å². The van der Waals surface area contributed by atoms with Crippen molar-refractivity contribution in [3.63, 3.8) is 0 Å². The number of sulfonamides is 1. The molecule has 3 aromatic carbocycles. The van der Waals surface area contributed by atoms with Crippen LogP contribution >= 0.6 is 11.6 Å². The molecule has 4 aromatic rings. The van der Waals surface area contributed by atoms with Crippen LogP contribution in [0.5, 0.6) is 5.75 Å². The van der Waals surface area contributed by atoms with E-state index in [0.717, 1.165) is 18.3 Å². The van der Waals surface area contributed by atoms with Gasteiger partial charge in [-0.3, -0.25) is 9.78 Å². The lowest BCUT2D eigenvalue weighted by molar-refractivity contribution is -0.274. The number of benzene rings is 3. The fraction of sp³-hybridized carbons (Fsp3) is 0.273. The standard InChI is InChI=1S/C33H32ClF4N5O4S/c34-23-11-9-22(10-12-23)17-30(41-24-5-4-6-26(18-24)47-33(36,37)38)32(44)42-31-21-40-20-29(35)28(31)14-13-25-19-39-15-16-43(25)48(45,46)27-7-2-1-3-8-27/h1-12,18,20-21,25,30,39,41H,13-17,19H2,(H,42,44)/t25-,30-/m0/s1. The van der Waals surface area contributed by atoms with E-state index in [0.29, 0.717) is 23.7 Å². The fourth-order valence-electron chi connectivity index (χ4n) is 5.44. The van der Waals surface area contributed by atoms with Gasteiger partial charge in [0.05, 0.1) is 23.0 Å². The van der Waals surface area contributed by atoms with Crippen molar-refractivity contribution in [3.8, 4) is 5.75 Å². The first-order chi connectivity index (χ1) is 22.9. The predicted molar refractivity (Wildman–Crippen MR) is 174 cm³/mol. The number of pyridine rings is 1. The van der Waals surface area contributed by atoms with Gasteiger partial charge in [0.15, 0.2) is 0 Å². The highest BCUT2D eigenvalue weighted by molar-refractivity contribution is 7.89. The zero-order valence-corrected chi connectivity index (χ0v) is 27.0. The molecular formula is C33H32ClF4N5O4S. The average molecular weight is 706 g/mol. The Morgan fingerprint density at radius 1 is 1.06 bits per heavy atom. The van der Waals surface area contributed by atoms with Crippen molar-refractivity contribution in [1.29, 1.82) is 0 Å². The third kappa shape index (κ3) is 9.22. The van der Waals surface area contributed by atoms with Crippen molar-refractivity contribution >= 4 is 38.9 Å². The largest absolute Gasteiger partial charge is 0.573 e. The van der Waals surface area contributed by atoms with E-state index in [1.807, 2.05) is 0 Å². The predicted octanol–water partition coefficient (Wildman–Crippen LogP) is 6.03. The summed E-state index contributed by atoms with van der Waals surface area (Å²) in [6, 6.07) is 18.3. The van der Waals surface area contributed by atoms with E-state index >= 15 is 4.39 Å². The number of aromatic nitrogens is 1. The molecule has 0 aliphatic carbocycles. The second-order valence-corrected chi connectivity index (χ2v) is 13.4. The Bertz CT molecular complexity index is 1820. The van der Waals surface area contributed by atoms with Crippen LogP contribution in [0.15, 0.2) is 96.2 Å². The van der Waals surface area contributed by atoms with Crippen LogP contribution in [-0.4, -0.2) is 61.7 Å². The van der Waals surface area contributed by atoms with E-state index < -0.39 is 45.9 Å². The number of hydrogen-bond donors (Lipinski definition) is 3. The lowest BCUT2D eigenvalue weighted by Gasteiger charge is -2.35. The molecule has 1 fully saturated rings. The maximum Gasteiger partial charge on any atom is 0.573 e. The average Bonchev–Trinajstić information content (AvgIpc) is 3.05. The number of nitrogens with one attached hydrogen (secondary N) is 3. The van der Waals surface area contributed by atoms with Crippen molar-refractivity contribution in [2.45, 2.75) is 42.6 Å². The molecule has 2 atom stereocenters. The second kappa shape index (κ2) is 15.3. The Labute approximate surface area is 280 Å². The number of carbonyl (C=O) groups is 1. The van der Waals surface area contributed by atoms with Gasteiger partial charge in [-0.25, -0.2) is 12.8 Å². The minimum absolute atomic E-state index is 0.0726. The number of carbonyl (C=O) groups excluding carboxylic acids is 1. The van der Waals surface area contributed by atoms with Gasteiger partial charge in [-0.2, -0.15) is 4.31 Å². The Kier molecular flexibility index (Phi) is 11.2. The van der Waals surface area contributed by atoms with Crippen molar-refractivity contribution in [2.75, 3.05) is 30.3 Å². The highest BCUT2D eigenvalue weighted by Crippen LogP contribution is 2.28. The summed E-state index contributed by atoms with van der Waals surface area (Å²) < 4.78 is 86.1. The van der Waals surface area contributed by atoms with Crippen molar-refractivity contribution in [1.82, 2.24) is 14.6 Å². The first kappa shape index (κ1) is 35.1. The number of rotatable bonds is 12. The second-order valence-electron chi connectivity index (χ2n) is 11.1. The molecule has 0 bridgehead atoms. The van der Waals surface area contributed by atoms with Crippen LogP contribution in [0.25, 0.3) is 0 Å². The van der Waals surface area contributed by atoms with Crippen LogP contribution in [0.4, 0.5) is 28.9 Å². The number of anilines is 2. The number of alkyl halides is 3. The van der Waals surface area contributed by atoms with Gasteiger partial charge < -0.3 is 20.7 Å². The van der Waals surface area contributed by atoms with E-state index in [1.54, 1.807) is 42.5 Å². The van der Waals surface area contributed by atoms with Gasteiger partial charge in [0.2, 0.25) is 15.9 Å². The molecule has 3 N–H and O–H groups in total. The molecule has 9 nitrogen and oxygen atoms in total. The van der Waals surface area contributed by atoms with Gasteiger partial charge in [0, 0.05) is 54.4 Å². The minimum Gasteiger partial charge on any atom is -0.406 e. The number of hydrogen-bond acceptors (Lipinski definition) is 7. The zero-order chi connectivity index (χ0) is 34.3. The van der Waals surface area contributed by atoms with Crippen molar-refractivity contribution < 1.29 is 35.5 Å². The zero-order valence-electron chi connectivity index (χ0n) is 25.4. The third-order valence-electron chi connectivity index (χ3n) is 7.71. The number of halogens is 5. The van der Waals surface area contributed by atoms with Crippen LogP contribution in [0, 0.1) is 5.82 Å². The molecule has 0 spiro atoms. The molecule has 2 heterocycles. The third-order valence-corrected chi connectivity index (χ3v) is 9.93. The molecule has 5 rings (SSSR count). The molecule has 48 heavy (non-hydrogen) atoms. The highest BCUT2D eigenvalue weighted by Gasteiger charge is 2.34. The number of nitrogens with zero attached hydrogens (tertiary/aromatic N) is 2. The number of ether oxygens (including phenoxy) is 1. The summed E-state index contributed by atoms with van der Waals surface area (Å²) in [5, 5.41) is 9.35. The summed E-state index contributed by atoms with van der Waals surface area (Å²) in [6.07, 6.45) is -2.20. The Hall–Kier alpha value is -4.24. The molecule has 1 saturated heterocycles. The summed E-state index contributed by atoms with van der Waals surface area (Å²) in [5.74, 6) is -1.78. The summed E-state index contributed by atoms with van der Waals surface area (Å²) >= 11 is 6.02. The van der Waals surface area contributed by atoms with Gasteiger partial charge >= 0.3 is 6.36 Å². The van der Waals surface area contributed by atoms with E-state index in [-0.39, 0.29) is 47.6 Å². The van der Waals surface area contributed by atoms with Gasteiger partial charge in [0.1, 0.15) is 17.6 Å². The normalized spacial score (nSPS) is 16.2. The quantitative estimate of drug-likeness (QED) is 0.154. The van der Waals surface area contributed by atoms with Gasteiger partial charge in [-0.05, 0) is 54.8 Å². The lowest BCUT2D eigenvalue weighted by atomic mass is 10.0. The van der Waals surface area contributed by atoms with Gasteiger partial charge in [-0.15, -0.1) is 13.2 Å². The molecule has 15 heteroatoms. The molecule has 1 aliphatic heterocycles. The van der Waals surface area contributed by atoms with E-state index in [9.17, 15) is 26.4 Å². The first-order valence-corrected chi connectivity index (χ1v) is 16.8. The molecule has 0 unspecified atom stereocenters. The van der Waals surface area contributed by atoms with Gasteiger partial charge in [-0.1, -0.05) is 48.0 Å². The number of piperazine rings is 1. The van der Waals surface area contributed by atoms with Crippen LogP contribution in [0.3, 0.4) is 0 Å². The van der Waals surface area contributed by atoms with Crippen LogP contribution in [0.1, 0.15) is 17.5 Å². The Balaban J connectivity index is 1.36. The Morgan fingerprint density at radius 2 is 1.81 bits per heavy atom. The van der Waals surface area contributed by atoms with Crippen molar-refractivity contribution in [2.24, 2.45) is 0 Å². The molecule has 1 aliphatic rings. The fourth-order valence-corrected chi connectivity index (χ4v) is 7.24. The molecule has 1 amide bonds. The lowest BCUT2D eigenvalue weighted by Crippen LogP contribution is -2.53. The van der Waals surface area contributed by atoms with Crippen LogP contribution in [-0.2, 0) is 27.7 Å². The maximum absolute atomic E-state index is 15.3. The minimum atomic E-state index is -4.91. The Morgan fingerprint density at radius 3 is 2.54 bits per heavy atom. The van der Waals surface area contributed by atoms with Gasteiger partial charge in [0.25, 0.3) is 0 Å². The van der Waals surface area contributed by atoms with E-state index in [1.165, 1.54) is 34.8 Å². The summed E-state index contributed by atoms with van der Waals surface area (Å²) in [7, 11) is -3.81. The molecule has 0 saturated carbocycles. The monoisotopic (exact) mass is 705 g/mol. The highest BCUT2D eigenvalue weighted by atomic mass is 35.5. The maximum atomic E-state index is 15.3. The topological polar surface area (TPSA) is 113 Å². The molecule has 0 radical (unpaired) electrons. The summed E-state index contributed by atoms with van der Waals surface area (Å²) in [5.41, 5.74) is 1.08. The smallest absolute Gasteiger partial charge is 0.406 e. The first-order valence-electron chi connectivity index (χ1n) is 15.0. The van der Waals surface area contributed by atoms with Crippen LogP contribution < -0.4 is 20.7 Å². The van der Waals surface area contributed by atoms with E-state index in [4.69, 9.17) is 11.6 Å². The van der Waals surface area contributed by atoms with Crippen LogP contribution in [0.2, 0.25) is 5.02 Å². The molecular weight excluding hydrogens is 674 g/mol.